The smallest absolute Gasteiger partial charge is 0.427 e. The van der Waals surface area contributed by atoms with E-state index in [-0.39, 0.29) is 36.4 Å². The van der Waals surface area contributed by atoms with Crippen LogP contribution < -0.4 is 20.1 Å². The zero-order valence-corrected chi connectivity index (χ0v) is 32.4. The molecular formula is C37H49F3N4O10S. The zero-order valence-electron chi connectivity index (χ0n) is 31.6. The number of rotatable bonds is 8. The van der Waals surface area contributed by atoms with Gasteiger partial charge in [0.25, 0.3) is 5.91 Å². The van der Waals surface area contributed by atoms with E-state index in [2.05, 4.69) is 15.4 Å². The number of sulfonamides is 1. The van der Waals surface area contributed by atoms with Crippen molar-refractivity contribution in [3.05, 3.63) is 41.5 Å². The van der Waals surface area contributed by atoms with Crippen LogP contribution in [0.2, 0.25) is 0 Å². The molecule has 304 valence electrons. The molecule has 0 aromatic heterocycles. The van der Waals surface area contributed by atoms with Gasteiger partial charge in [0.1, 0.15) is 23.4 Å². The summed E-state index contributed by atoms with van der Waals surface area (Å²) in [6, 6.07) is 1.35. The van der Waals surface area contributed by atoms with E-state index in [0.717, 1.165) is 4.90 Å². The monoisotopic (exact) mass is 798 g/mol. The molecule has 2 aliphatic heterocycles. The van der Waals surface area contributed by atoms with Gasteiger partial charge in [0, 0.05) is 18.4 Å². The lowest BCUT2D eigenvalue weighted by atomic mass is 9.88. The van der Waals surface area contributed by atoms with Gasteiger partial charge in [-0.15, -0.1) is 0 Å². The first-order valence-corrected chi connectivity index (χ1v) is 19.8. The number of benzene rings is 1. The van der Waals surface area contributed by atoms with E-state index in [1.54, 1.807) is 13.0 Å². The second-order valence-corrected chi connectivity index (χ2v) is 18.4. The van der Waals surface area contributed by atoms with Crippen LogP contribution in [0.3, 0.4) is 0 Å². The van der Waals surface area contributed by atoms with Crippen LogP contribution in [0.25, 0.3) is 0 Å². The second-order valence-electron chi connectivity index (χ2n) is 16.2. The topological polar surface area (TPSA) is 198 Å². The van der Waals surface area contributed by atoms with E-state index in [1.807, 2.05) is 13.0 Å². The summed E-state index contributed by atoms with van der Waals surface area (Å²) in [5.74, 6) is -5.75. The van der Waals surface area contributed by atoms with Crippen molar-refractivity contribution >= 4 is 39.8 Å². The number of halogens is 3. The molecule has 4 amide bonds. The first kappa shape index (κ1) is 41.8. The minimum absolute atomic E-state index is 0.0635. The Balaban J connectivity index is 1.56. The van der Waals surface area contributed by atoms with E-state index in [9.17, 15) is 50.7 Å². The normalized spacial score (nSPS) is 30.3. The molecule has 18 heteroatoms. The van der Waals surface area contributed by atoms with Crippen LogP contribution >= 0.6 is 0 Å². The Labute approximate surface area is 318 Å². The molecule has 0 bridgehead atoms. The number of alkyl carbamates (subject to hydrolysis) is 1. The third-order valence-corrected chi connectivity index (χ3v) is 13.7. The van der Waals surface area contributed by atoms with Gasteiger partial charge in [-0.1, -0.05) is 26.0 Å². The lowest BCUT2D eigenvalue weighted by Crippen LogP contribution is -2.59. The molecule has 7 atom stereocenters. The number of hydrogen-bond donors (Lipinski definition) is 4. The van der Waals surface area contributed by atoms with Gasteiger partial charge < -0.3 is 30.1 Å². The number of ether oxygens (including phenoxy) is 2. The van der Waals surface area contributed by atoms with E-state index in [0.29, 0.717) is 51.7 Å². The predicted molar refractivity (Wildman–Crippen MR) is 191 cm³/mol. The van der Waals surface area contributed by atoms with E-state index in [4.69, 9.17) is 9.47 Å². The van der Waals surface area contributed by atoms with Crippen molar-refractivity contribution in [3.8, 4) is 5.75 Å². The average Bonchev–Trinajstić information content (AvgIpc) is 3.96. The van der Waals surface area contributed by atoms with Gasteiger partial charge >= 0.3 is 18.2 Å². The molecule has 4 N–H and O–H groups in total. The summed E-state index contributed by atoms with van der Waals surface area (Å²) in [5.41, 5.74) is -4.50. The third kappa shape index (κ3) is 8.58. The maximum Gasteiger partial charge on any atom is 0.427 e. The number of carboxylic acids is 1. The number of carbonyl (C=O) groups is 5. The van der Waals surface area contributed by atoms with Gasteiger partial charge in [0.15, 0.2) is 0 Å². The van der Waals surface area contributed by atoms with Gasteiger partial charge in [0.05, 0.1) is 17.4 Å². The van der Waals surface area contributed by atoms with Gasteiger partial charge in [-0.3, -0.25) is 19.1 Å². The van der Waals surface area contributed by atoms with Crippen molar-refractivity contribution in [1.82, 2.24) is 20.3 Å². The van der Waals surface area contributed by atoms with Crippen molar-refractivity contribution in [3.63, 3.8) is 0 Å². The Morgan fingerprint density at radius 1 is 1.09 bits per heavy atom. The molecule has 3 fully saturated rings. The summed E-state index contributed by atoms with van der Waals surface area (Å²) >= 11 is 0. The fraction of sp³-hybridized carbons (Fsp3) is 0.649. The Hall–Kier alpha value is -4.35. The van der Waals surface area contributed by atoms with E-state index < -0.39 is 91.7 Å². The maximum absolute atomic E-state index is 14.7. The van der Waals surface area contributed by atoms with Crippen LogP contribution in [0.15, 0.2) is 30.4 Å². The van der Waals surface area contributed by atoms with E-state index in [1.165, 1.54) is 32.2 Å². The predicted octanol–water partition coefficient (Wildman–Crippen LogP) is 4.40. The number of nitrogens with zero attached hydrogens (tertiary/aromatic N) is 1. The summed E-state index contributed by atoms with van der Waals surface area (Å²) in [6.45, 7) is 6.13. The SMILES string of the molecule is COc1ccc(C(=O)O)c([C@H]2C[C@H]3C(=O)N[C@]4(C(=O)NS(=O)(=O)C5(C)CC5)C[C@H]4/C=C\CC[C@H](C)C[C@@H](C)[C@H](NC(=O)OC(C)(C)C(F)(F)F)C(=O)N3C2)c1. The number of amides is 4. The van der Waals surface area contributed by atoms with Crippen molar-refractivity contribution in [2.75, 3.05) is 13.7 Å². The molecular weight excluding hydrogens is 749 g/mol. The largest absolute Gasteiger partial charge is 0.497 e. The maximum atomic E-state index is 14.7. The van der Waals surface area contributed by atoms with Gasteiger partial charge in [-0.2, -0.15) is 13.2 Å². The van der Waals surface area contributed by atoms with Gasteiger partial charge in [-0.25, -0.2) is 18.0 Å². The number of methoxy groups -OCH3 is 1. The number of allylic oxidation sites excluding steroid dienone is 1. The first-order valence-electron chi connectivity index (χ1n) is 18.3. The second kappa shape index (κ2) is 15.0. The molecule has 2 saturated carbocycles. The summed E-state index contributed by atoms with van der Waals surface area (Å²) in [6.07, 6.45) is -0.836. The van der Waals surface area contributed by atoms with Crippen LogP contribution in [-0.4, -0.2) is 96.0 Å². The number of hydrogen-bond acceptors (Lipinski definition) is 9. The Kier molecular flexibility index (Phi) is 11.4. The van der Waals surface area contributed by atoms with Crippen LogP contribution in [0.4, 0.5) is 18.0 Å². The molecule has 1 aromatic rings. The number of nitrogens with one attached hydrogen (secondary N) is 3. The van der Waals surface area contributed by atoms with Crippen molar-refractivity contribution in [2.45, 2.75) is 120 Å². The minimum atomic E-state index is -4.94. The highest BCUT2D eigenvalue weighted by Gasteiger charge is 2.63. The van der Waals surface area contributed by atoms with Gasteiger partial charge in [-0.05, 0) is 101 Å². The number of fused-ring (bicyclic) bond motifs is 2. The van der Waals surface area contributed by atoms with Crippen molar-refractivity contribution < 1.29 is 60.1 Å². The summed E-state index contributed by atoms with van der Waals surface area (Å²) in [4.78, 5) is 69.5. The Morgan fingerprint density at radius 3 is 2.36 bits per heavy atom. The summed E-state index contributed by atoms with van der Waals surface area (Å²) < 4.78 is 78.4. The first-order chi connectivity index (χ1) is 25.4. The summed E-state index contributed by atoms with van der Waals surface area (Å²) in [5, 5.41) is 15.1. The summed E-state index contributed by atoms with van der Waals surface area (Å²) in [7, 11) is -2.73. The standard InChI is InChI=1S/C37H49F3N4O10S/c1-20-9-7-8-10-23-18-36(23,32(49)43-55(51,52)35(5)13-14-35)42-29(45)27-16-22(26-17-24(53-6)11-12-25(26)31(47)48)19-44(27)30(46)28(21(2)15-20)41-33(50)54-34(3,4)37(38,39)40/h8,10-12,17,20-23,27-28H,7,9,13-16,18-19H2,1-6H3,(H,41,50)(H,42,45)(H,43,49)(H,47,48)/b10-8-/t20-,21+,22-,23+,27-,28-,36+/m0/s1. The molecule has 0 unspecified atom stereocenters. The molecule has 0 radical (unpaired) electrons. The number of aromatic carboxylic acids is 1. The highest BCUT2D eigenvalue weighted by Crippen LogP contribution is 2.48. The van der Waals surface area contributed by atoms with Crippen LogP contribution in [0, 0.1) is 17.8 Å². The number of alkyl halides is 3. The molecule has 4 aliphatic rings. The Morgan fingerprint density at radius 2 is 1.76 bits per heavy atom. The van der Waals surface area contributed by atoms with Crippen molar-refractivity contribution in [1.29, 1.82) is 0 Å². The molecule has 2 heterocycles. The zero-order chi connectivity index (χ0) is 40.9. The van der Waals surface area contributed by atoms with Crippen LogP contribution in [-0.2, 0) is 29.1 Å². The van der Waals surface area contributed by atoms with Gasteiger partial charge in [0.2, 0.25) is 27.4 Å². The highest BCUT2D eigenvalue weighted by atomic mass is 32.2. The molecule has 55 heavy (non-hydrogen) atoms. The lowest BCUT2D eigenvalue weighted by Gasteiger charge is -2.34. The molecule has 2 aliphatic carbocycles. The molecule has 1 saturated heterocycles. The Bertz CT molecular complexity index is 1860. The third-order valence-electron chi connectivity index (χ3n) is 11.5. The minimum Gasteiger partial charge on any atom is -0.497 e. The molecule has 1 aromatic carbocycles. The fourth-order valence-corrected chi connectivity index (χ4v) is 8.73. The number of carboxylic acid groups (broad SMARTS) is 1. The average molecular weight is 799 g/mol. The highest BCUT2D eigenvalue weighted by molar-refractivity contribution is 7.91. The van der Waals surface area contributed by atoms with E-state index >= 15 is 0 Å². The molecule has 5 rings (SSSR count). The fourth-order valence-electron chi connectivity index (χ4n) is 7.42. The molecule has 0 spiro atoms. The quantitative estimate of drug-likeness (QED) is 0.274. The van der Waals surface area contributed by atoms with Crippen LogP contribution in [0.1, 0.15) is 101 Å². The number of carbonyl (C=O) groups excluding carboxylic acids is 4. The van der Waals surface area contributed by atoms with Crippen LogP contribution in [0.5, 0.6) is 5.75 Å². The van der Waals surface area contributed by atoms with Crippen molar-refractivity contribution in [2.24, 2.45) is 17.8 Å². The lowest BCUT2D eigenvalue weighted by molar-refractivity contribution is -0.244. The molecule has 14 nitrogen and oxygen atoms in total.